The SMILES string of the molecule is CC[C@H](NC(=O)OC(C)(C)C)C(=O)OCc1ccccc1.O=C=O. The van der Waals surface area contributed by atoms with E-state index in [1.807, 2.05) is 30.3 Å². The summed E-state index contributed by atoms with van der Waals surface area (Å²) >= 11 is 0. The van der Waals surface area contributed by atoms with E-state index in [2.05, 4.69) is 5.32 Å². The number of carbonyl (C=O) groups is 2. The fraction of sp³-hybridized carbons (Fsp3) is 0.471. The second-order valence-electron chi connectivity index (χ2n) is 5.78. The Labute approximate surface area is 141 Å². The summed E-state index contributed by atoms with van der Waals surface area (Å²) in [7, 11) is 0. The monoisotopic (exact) mass is 337 g/mol. The maximum atomic E-state index is 12.0. The van der Waals surface area contributed by atoms with Gasteiger partial charge in [-0.1, -0.05) is 37.3 Å². The molecule has 0 saturated heterocycles. The van der Waals surface area contributed by atoms with Gasteiger partial charge < -0.3 is 14.8 Å². The zero-order valence-electron chi connectivity index (χ0n) is 14.3. The summed E-state index contributed by atoms with van der Waals surface area (Å²) in [6, 6.07) is 8.68. The minimum atomic E-state index is -0.705. The fourth-order valence-corrected chi connectivity index (χ4v) is 1.61. The van der Waals surface area contributed by atoms with Crippen LogP contribution in [0, 0.1) is 0 Å². The molecule has 1 aromatic carbocycles. The van der Waals surface area contributed by atoms with Gasteiger partial charge in [-0.25, -0.2) is 9.59 Å². The highest BCUT2D eigenvalue weighted by Crippen LogP contribution is 2.08. The number of alkyl carbamates (subject to hydrolysis) is 1. The highest BCUT2D eigenvalue weighted by atomic mass is 16.6. The van der Waals surface area contributed by atoms with Crippen molar-refractivity contribution in [3.8, 4) is 0 Å². The van der Waals surface area contributed by atoms with E-state index in [0.717, 1.165) is 5.56 Å². The molecule has 1 atom stereocenters. The molecule has 0 spiro atoms. The molecule has 0 radical (unpaired) electrons. The highest BCUT2D eigenvalue weighted by molar-refractivity contribution is 5.81. The van der Waals surface area contributed by atoms with Crippen molar-refractivity contribution in [2.45, 2.75) is 52.4 Å². The Hall–Kier alpha value is -2.66. The van der Waals surface area contributed by atoms with Gasteiger partial charge >= 0.3 is 18.2 Å². The van der Waals surface area contributed by atoms with Crippen LogP contribution in [0.2, 0.25) is 0 Å². The van der Waals surface area contributed by atoms with Crippen LogP contribution < -0.4 is 5.32 Å². The van der Waals surface area contributed by atoms with Gasteiger partial charge in [-0.05, 0) is 32.8 Å². The van der Waals surface area contributed by atoms with E-state index in [4.69, 9.17) is 19.1 Å². The minimum absolute atomic E-state index is 0.187. The largest absolute Gasteiger partial charge is 0.459 e. The number of carbonyl (C=O) groups excluding carboxylic acids is 4. The van der Waals surface area contributed by atoms with E-state index in [9.17, 15) is 9.59 Å². The van der Waals surface area contributed by atoms with Gasteiger partial charge in [0.15, 0.2) is 0 Å². The third-order valence-electron chi connectivity index (χ3n) is 2.61. The molecule has 7 heteroatoms. The van der Waals surface area contributed by atoms with E-state index >= 15 is 0 Å². The number of amides is 1. The van der Waals surface area contributed by atoms with E-state index in [1.165, 1.54) is 0 Å². The van der Waals surface area contributed by atoms with E-state index in [1.54, 1.807) is 27.7 Å². The smallest absolute Gasteiger partial charge is 0.408 e. The molecule has 0 aliphatic heterocycles. The Morgan fingerprint density at radius 1 is 1.17 bits per heavy atom. The average Bonchev–Trinajstić information content (AvgIpc) is 2.50. The summed E-state index contributed by atoms with van der Waals surface area (Å²) in [5, 5.41) is 2.52. The molecule has 0 heterocycles. The number of rotatable bonds is 5. The number of ether oxygens (including phenoxy) is 2. The Kier molecular flexibility index (Phi) is 9.75. The second kappa shape index (κ2) is 11.0. The normalized spacial score (nSPS) is 11.2. The molecule has 0 fully saturated rings. The van der Waals surface area contributed by atoms with Gasteiger partial charge in [-0.15, -0.1) is 0 Å². The lowest BCUT2D eigenvalue weighted by Crippen LogP contribution is -2.43. The van der Waals surface area contributed by atoms with Gasteiger partial charge in [-0.2, -0.15) is 9.59 Å². The molecule has 1 rings (SSSR count). The van der Waals surface area contributed by atoms with Crippen LogP contribution in [-0.4, -0.2) is 29.9 Å². The first kappa shape index (κ1) is 21.3. The van der Waals surface area contributed by atoms with Gasteiger partial charge in [0.1, 0.15) is 18.2 Å². The van der Waals surface area contributed by atoms with Crippen LogP contribution in [0.1, 0.15) is 39.7 Å². The molecule has 0 unspecified atom stereocenters. The molecular weight excluding hydrogens is 314 g/mol. The first-order valence-electron chi connectivity index (χ1n) is 7.42. The standard InChI is InChI=1S/C16H23NO4.CO2/c1-5-13(17-15(19)21-16(2,3)4)14(18)20-11-12-9-7-6-8-10-12;2-1-3/h6-10,13H,5,11H2,1-4H3,(H,17,19);/t13-;/m0./s1. The van der Waals surface area contributed by atoms with Crippen molar-refractivity contribution in [2.75, 3.05) is 0 Å². The van der Waals surface area contributed by atoms with Crippen LogP contribution in [0.5, 0.6) is 0 Å². The van der Waals surface area contributed by atoms with Crippen molar-refractivity contribution in [1.82, 2.24) is 5.32 Å². The van der Waals surface area contributed by atoms with Gasteiger partial charge in [0.25, 0.3) is 0 Å². The average molecular weight is 337 g/mol. The molecule has 0 aliphatic rings. The number of nitrogens with one attached hydrogen (secondary N) is 1. The molecule has 132 valence electrons. The van der Waals surface area contributed by atoms with Gasteiger partial charge in [0, 0.05) is 0 Å². The van der Waals surface area contributed by atoms with E-state index in [0.29, 0.717) is 6.42 Å². The van der Waals surface area contributed by atoms with Gasteiger partial charge in [0.05, 0.1) is 0 Å². The number of esters is 1. The van der Waals surface area contributed by atoms with Crippen molar-refractivity contribution in [1.29, 1.82) is 0 Å². The molecule has 1 amide bonds. The zero-order valence-corrected chi connectivity index (χ0v) is 14.3. The third kappa shape index (κ3) is 10.1. The Balaban J connectivity index is 0.00000163. The number of benzene rings is 1. The topological polar surface area (TPSA) is 98.8 Å². The highest BCUT2D eigenvalue weighted by Gasteiger charge is 2.24. The summed E-state index contributed by atoms with van der Waals surface area (Å²) in [4.78, 5) is 39.9. The molecule has 24 heavy (non-hydrogen) atoms. The molecule has 1 aromatic rings. The van der Waals surface area contributed by atoms with Crippen molar-refractivity contribution >= 4 is 18.2 Å². The molecule has 0 saturated carbocycles. The van der Waals surface area contributed by atoms with Crippen LogP contribution in [-0.2, 0) is 30.5 Å². The predicted molar refractivity (Wildman–Crippen MR) is 84.7 cm³/mol. The van der Waals surface area contributed by atoms with Crippen LogP contribution >= 0.6 is 0 Å². The van der Waals surface area contributed by atoms with Gasteiger partial charge in [0.2, 0.25) is 0 Å². The van der Waals surface area contributed by atoms with Crippen molar-refractivity contribution in [3.05, 3.63) is 35.9 Å². The van der Waals surface area contributed by atoms with E-state index in [-0.39, 0.29) is 12.8 Å². The van der Waals surface area contributed by atoms with Crippen LogP contribution in [0.4, 0.5) is 4.79 Å². The Morgan fingerprint density at radius 3 is 2.17 bits per heavy atom. The fourth-order valence-electron chi connectivity index (χ4n) is 1.61. The summed E-state index contributed by atoms with van der Waals surface area (Å²) in [5.41, 5.74) is 0.300. The lowest BCUT2D eigenvalue weighted by molar-refractivity contribution is -0.191. The van der Waals surface area contributed by atoms with Crippen molar-refractivity contribution in [3.63, 3.8) is 0 Å². The minimum Gasteiger partial charge on any atom is -0.459 e. The maximum Gasteiger partial charge on any atom is 0.408 e. The summed E-state index contributed by atoms with van der Waals surface area (Å²) in [5.74, 6) is -0.466. The van der Waals surface area contributed by atoms with Crippen LogP contribution in [0.3, 0.4) is 0 Å². The molecule has 0 aromatic heterocycles. The number of hydrogen-bond donors (Lipinski definition) is 1. The molecular formula is C17H23NO6. The first-order valence-corrected chi connectivity index (χ1v) is 7.42. The first-order chi connectivity index (χ1) is 11.2. The molecule has 0 bridgehead atoms. The lowest BCUT2D eigenvalue weighted by atomic mass is 10.2. The van der Waals surface area contributed by atoms with Crippen molar-refractivity contribution in [2.24, 2.45) is 0 Å². The van der Waals surface area contributed by atoms with Crippen LogP contribution in [0.25, 0.3) is 0 Å². The maximum absolute atomic E-state index is 12.0. The Bertz CT molecular complexity index is 544. The third-order valence-corrected chi connectivity index (χ3v) is 2.61. The predicted octanol–water partition coefficient (Wildman–Crippen LogP) is 2.45. The Morgan fingerprint density at radius 2 is 1.71 bits per heavy atom. The zero-order chi connectivity index (χ0) is 18.6. The lowest BCUT2D eigenvalue weighted by Gasteiger charge is -2.22. The summed E-state index contributed by atoms with van der Waals surface area (Å²) < 4.78 is 10.3. The number of hydrogen-bond acceptors (Lipinski definition) is 6. The molecule has 0 aliphatic carbocycles. The van der Waals surface area contributed by atoms with E-state index < -0.39 is 23.7 Å². The van der Waals surface area contributed by atoms with Crippen LogP contribution in [0.15, 0.2) is 30.3 Å². The quantitative estimate of drug-likeness (QED) is 0.829. The van der Waals surface area contributed by atoms with Gasteiger partial charge in [-0.3, -0.25) is 0 Å². The summed E-state index contributed by atoms with van der Waals surface area (Å²) in [6.07, 6.45) is 0.0679. The van der Waals surface area contributed by atoms with Crippen molar-refractivity contribution < 1.29 is 28.7 Å². The molecule has 7 nitrogen and oxygen atoms in total. The second-order valence-corrected chi connectivity index (χ2v) is 5.78. The molecule has 1 N–H and O–H groups in total. The summed E-state index contributed by atoms with van der Waals surface area (Å²) in [6.45, 7) is 7.28.